The van der Waals surface area contributed by atoms with Crippen molar-refractivity contribution in [2.24, 2.45) is 52.3 Å². The number of carbonyl (C=O) groups excluding carboxylic acids is 1. The Morgan fingerprint density at radius 3 is 2.44 bits per heavy atom. The van der Waals surface area contributed by atoms with E-state index in [0.717, 1.165) is 57.4 Å². The summed E-state index contributed by atoms with van der Waals surface area (Å²) < 4.78 is 41.4. The molecule has 0 aromatic heterocycles. The first-order chi connectivity index (χ1) is 19.2. The quantitative estimate of drug-likeness (QED) is 0.362. The number of rotatable bonds is 7. The summed E-state index contributed by atoms with van der Waals surface area (Å²) in [5, 5.41) is 22.4. The van der Waals surface area contributed by atoms with Gasteiger partial charge in [0.25, 0.3) is 10.0 Å². The molecule has 8 heteroatoms. The lowest BCUT2D eigenvalue weighted by molar-refractivity contribution is -0.203. The Balaban J connectivity index is 1.26. The zero-order valence-corrected chi connectivity index (χ0v) is 26.2. The Bertz CT molecular complexity index is 1250. The van der Waals surface area contributed by atoms with Gasteiger partial charge in [-0.1, -0.05) is 40.2 Å². The number of aryl methyl sites for hydroxylation is 1. The molecular formula is C33H50FNO5S. The molecule has 6 nitrogen and oxygen atoms in total. The van der Waals surface area contributed by atoms with Gasteiger partial charge < -0.3 is 10.2 Å². The van der Waals surface area contributed by atoms with Gasteiger partial charge in [0.1, 0.15) is 5.82 Å². The molecule has 1 aromatic rings. The van der Waals surface area contributed by atoms with Crippen LogP contribution in [0.2, 0.25) is 0 Å². The molecule has 1 amide bonds. The minimum atomic E-state index is -4.13. The van der Waals surface area contributed by atoms with Crippen LogP contribution in [0.15, 0.2) is 23.1 Å². The van der Waals surface area contributed by atoms with E-state index < -0.39 is 21.7 Å². The third-order valence-corrected chi connectivity index (χ3v) is 14.1. The number of nitrogens with one attached hydrogen (secondary N) is 1. The van der Waals surface area contributed by atoms with E-state index in [1.54, 1.807) is 6.92 Å². The number of hydrogen-bond acceptors (Lipinski definition) is 5. The summed E-state index contributed by atoms with van der Waals surface area (Å²) in [5.41, 5.74) is 0.594. The van der Waals surface area contributed by atoms with Crippen molar-refractivity contribution < 1.29 is 27.8 Å². The monoisotopic (exact) mass is 591 g/mol. The van der Waals surface area contributed by atoms with Crippen LogP contribution in [0.5, 0.6) is 0 Å². The molecule has 0 spiro atoms. The van der Waals surface area contributed by atoms with E-state index in [0.29, 0.717) is 35.7 Å². The van der Waals surface area contributed by atoms with E-state index >= 15 is 0 Å². The molecule has 0 bridgehead atoms. The molecule has 1 aromatic carbocycles. The lowest BCUT2D eigenvalue weighted by Gasteiger charge is -2.64. The second-order valence-electron chi connectivity index (χ2n) is 14.6. The largest absolute Gasteiger partial charge is 0.393 e. The van der Waals surface area contributed by atoms with Crippen molar-refractivity contribution >= 4 is 15.9 Å². The molecule has 0 aliphatic heterocycles. The topological polar surface area (TPSA) is 104 Å². The third-order valence-electron chi connectivity index (χ3n) is 12.7. The van der Waals surface area contributed by atoms with Crippen molar-refractivity contribution in [3.05, 3.63) is 29.6 Å². The van der Waals surface area contributed by atoms with E-state index in [-0.39, 0.29) is 52.1 Å². The molecular weight excluding hydrogens is 541 g/mol. The molecule has 4 fully saturated rings. The van der Waals surface area contributed by atoms with Crippen molar-refractivity contribution in [1.82, 2.24) is 4.72 Å². The number of halogens is 1. The van der Waals surface area contributed by atoms with Crippen molar-refractivity contribution in [2.75, 3.05) is 0 Å². The van der Waals surface area contributed by atoms with Crippen LogP contribution in [0.1, 0.15) is 97.5 Å². The van der Waals surface area contributed by atoms with Crippen molar-refractivity contribution in [1.29, 1.82) is 0 Å². The molecule has 5 rings (SSSR count). The highest BCUT2D eigenvalue weighted by molar-refractivity contribution is 7.90. The van der Waals surface area contributed by atoms with Crippen LogP contribution in [-0.4, -0.2) is 36.7 Å². The molecule has 4 unspecified atom stereocenters. The molecule has 4 aliphatic rings. The van der Waals surface area contributed by atoms with Gasteiger partial charge in [0.15, 0.2) is 0 Å². The Morgan fingerprint density at radius 1 is 1.07 bits per heavy atom. The normalized spacial score (nSPS) is 41.2. The number of carbonyl (C=O) groups is 1. The molecule has 41 heavy (non-hydrogen) atoms. The van der Waals surface area contributed by atoms with Crippen molar-refractivity contribution in [2.45, 2.75) is 116 Å². The van der Waals surface area contributed by atoms with Gasteiger partial charge in [-0.3, -0.25) is 4.79 Å². The van der Waals surface area contributed by atoms with E-state index in [1.165, 1.54) is 12.1 Å². The summed E-state index contributed by atoms with van der Waals surface area (Å²) in [6.45, 7) is 10.8. The van der Waals surface area contributed by atoms with Crippen molar-refractivity contribution in [3.8, 4) is 0 Å². The summed E-state index contributed by atoms with van der Waals surface area (Å²) in [5.74, 6) is 1.26. The Morgan fingerprint density at radius 2 is 1.76 bits per heavy atom. The van der Waals surface area contributed by atoms with Crippen LogP contribution in [0.4, 0.5) is 4.39 Å². The predicted octanol–water partition coefficient (Wildman–Crippen LogP) is 5.98. The number of amides is 1. The SMILES string of the molecule is CC[C@@H]1C2C[C@H](O)CCC2(C)[C@H]2CCC3(C)C([C@H](C)CCC(=O)NS(=O)(=O)c4ccc(C)c(F)c4)CC[C@H]3[C@@H]2[C@@H]1O. The average Bonchev–Trinajstić information content (AvgIpc) is 3.27. The molecule has 230 valence electrons. The van der Waals surface area contributed by atoms with Gasteiger partial charge in [0.05, 0.1) is 17.1 Å². The standard InChI is InChI=1S/C33H50FNO5S/c1-6-23-27-17-21(36)13-15-33(27,5)26-14-16-32(4)24(10-11-25(32)30(26)31(23)38)19(2)8-12-29(37)35-41(39,40)22-9-7-20(3)28(34)18-22/h7,9,18-19,21,23-27,30-31,36,38H,6,8,10-17H2,1-5H3,(H,35,37)/t19-,21-,23-,24?,25+,26+,27?,30+,31-,32?,33?/m1/s1. The van der Waals surface area contributed by atoms with E-state index in [1.807, 2.05) is 0 Å². The molecule has 0 radical (unpaired) electrons. The number of aliphatic hydroxyl groups is 2. The number of fused-ring (bicyclic) bond motifs is 5. The summed E-state index contributed by atoms with van der Waals surface area (Å²) in [7, 11) is -4.13. The van der Waals surface area contributed by atoms with Gasteiger partial charge in [-0.25, -0.2) is 17.5 Å². The summed E-state index contributed by atoms with van der Waals surface area (Å²) >= 11 is 0. The fourth-order valence-corrected chi connectivity index (χ4v) is 11.5. The van der Waals surface area contributed by atoms with Gasteiger partial charge in [-0.15, -0.1) is 0 Å². The minimum Gasteiger partial charge on any atom is -0.393 e. The van der Waals surface area contributed by atoms with Crippen LogP contribution in [-0.2, 0) is 14.8 Å². The van der Waals surface area contributed by atoms with Gasteiger partial charge in [-0.05, 0) is 128 Å². The highest BCUT2D eigenvalue weighted by Crippen LogP contribution is 2.69. The Labute approximate surface area is 245 Å². The summed E-state index contributed by atoms with van der Waals surface area (Å²) in [6, 6.07) is 3.66. The smallest absolute Gasteiger partial charge is 0.264 e. The zero-order valence-electron chi connectivity index (χ0n) is 25.4. The third kappa shape index (κ3) is 5.28. The fraction of sp³-hybridized carbons (Fsp3) is 0.788. The predicted molar refractivity (Wildman–Crippen MR) is 157 cm³/mol. The van der Waals surface area contributed by atoms with Crippen LogP contribution < -0.4 is 4.72 Å². The van der Waals surface area contributed by atoms with Crippen LogP contribution in [0.25, 0.3) is 0 Å². The minimum absolute atomic E-state index is 0.0825. The molecule has 0 saturated heterocycles. The Kier molecular flexibility index (Phi) is 8.45. The Hall–Kier alpha value is -1.51. The second-order valence-corrected chi connectivity index (χ2v) is 16.3. The lowest BCUT2D eigenvalue weighted by atomic mass is 9.41. The van der Waals surface area contributed by atoms with Crippen LogP contribution in [0.3, 0.4) is 0 Å². The maximum Gasteiger partial charge on any atom is 0.264 e. The van der Waals surface area contributed by atoms with Crippen LogP contribution >= 0.6 is 0 Å². The summed E-state index contributed by atoms with van der Waals surface area (Å²) in [6.07, 6.45) is 8.12. The van der Waals surface area contributed by atoms with E-state index in [9.17, 15) is 27.8 Å². The van der Waals surface area contributed by atoms with E-state index in [2.05, 4.69) is 32.4 Å². The molecule has 0 heterocycles. The van der Waals surface area contributed by atoms with Gasteiger partial charge in [0, 0.05) is 6.42 Å². The zero-order chi connectivity index (χ0) is 29.9. The number of sulfonamides is 1. The average molecular weight is 592 g/mol. The second kappa shape index (κ2) is 11.2. The first-order valence-corrected chi connectivity index (χ1v) is 17.4. The first-order valence-electron chi connectivity index (χ1n) is 15.9. The fourth-order valence-electron chi connectivity index (χ4n) is 10.5. The van der Waals surface area contributed by atoms with Gasteiger partial charge in [0.2, 0.25) is 5.91 Å². The van der Waals surface area contributed by atoms with Gasteiger partial charge >= 0.3 is 0 Å². The van der Waals surface area contributed by atoms with Crippen LogP contribution in [0, 0.1) is 65.0 Å². The highest BCUT2D eigenvalue weighted by atomic mass is 32.2. The van der Waals surface area contributed by atoms with Gasteiger partial charge in [-0.2, -0.15) is 0 Å². The maximum absolute atomic E-state index is 13.9. The van der Waals surface area contributed by atoms with Crippen molar-refractivity contribution in [3.63, 3.8) is 0 Å². The number of aliphatic hydroxyl groups excluding tert-OH is 2. The highest BCUT2D eigenvalue weighted by Gasteiger charge is 2.64. The van der Waals surface area contributed by atoms with E-state index in [4.69, 9.17) is 0 Å². The molecule has 4 saturated carbocycles. The molecule has 3 N–H and O–H groups in total. The lowest BCUT2D eigenvalue weighted by Crippen LogP contribution is -2.62. The number of benzene rings is 1. The maximum atomic E-state index is 13.9. The first kappa shape index (κ1) is 30.9. The number of hydrogen-bond donors (Lipinski definition) is 3. The molecule has 4 aliphatic carbocycles. The molecule has 11 atom stereocenters. The summed E-state index contributed by atoms with van der Waals surface area (Å²) in [4.78, 5) is 12.5.